The van der Waals surface area contributed by atoms with E-state index < -0.39 is 17.1 Å². The lowest BCUT2D eigenvalue weighted by atomic mass is 9.74. The van der Waals surface area contributed by atoms with Crippen molar-refractivity contribution in [1.29, 1.82) is 0 Å². The zero-order chi connectivity index (χ0) is 16.4. The predicted octanol–water partition coefficient (Wildman–Crippen LogP) is 2.63. The number of nitrogens with zero attached hydrogens (tertiary/aromatic N) is 4. The maximum atomic E-state index is 12.3. The summed E-state index contributed by atoms with van der Waals surface area (Å²) in [6.07, 6.45) is 0.930. The van der Waals surface area contributed by atoms with E-state index >= 15 is 0 Å². The molecule has 0 saturated carbocycles. The van der Waals surface area contributed by atoms with Gasteiger partial charge in [0.15, 0.2) is 0 Å². The van der Waals surface area contributed by atoms with Gasteiger partial charge >= 0.3 is 12.1 Å². The number of carbonyl (C=O) groups excluding carboxylic acids is 2. The van der Waals surface area contributed by atoms with E-state index in [1.165, 1.54) is 0 Å². The molecule has 1 amide bonds. The van der Waals surface area contributed by atoms with Crippen LogP contribution in [0.15, 0.2) is 5.11 Å². The molecule has 0 aromatic carbocycles. The molecule has 0 radical (unpaired) electrons. The van der Waals surface area contributed by atoms with E-state index in [4.69, 9.17) is 15.0 Å². The molecule has 2 heterocycles. The zero-order valence-corrected chi connectivity index (χ0v) is 13.2. The quantitative estimate of drug-likeness (QED) is 0.338. The Hall–Kier alpha value is -1.95. The fourth-order valence-electron chi connectivity index (χ4n) is 3.12. The molecule has 1 spiro atoms. The summed E-state index contributed by atoms with van der Waals surface area (Å²) in [5, 5.41) is 3.54. The molecule has 0 aromatic heterocycles. The number of hydrogen-bond acceptors (Lipinski definition) is 5. The summed E-state index contributed by atoms with van der Waals surface area (Å²) in [4.78, 5) is 28.3. The average molecular weight is 310 g/mol. The molecule has 8 nitrogen and oxygen atoms in total. The molecule has 2 rings (SSSR count). The number of rotatable bonds is 2. The van der Waals surface area contributed by atoms with Crippen molar-refractivity contribution in [3.63, 3.8) is 0 Å². The van der Waals surface area contributed by atoms with Gasteiger partial charge in [-0.1, -0.05) is 5.11 Å². The van der Waals surface area contributed by atoms with Crippen molar-refractivity contribution in [2.24, 2.45) is 10.5 Å². The van der Waals surface area contributed by atoms with Crippen molar-refractivity contribution in [2.75, 3.05) is 19.6 Å². The monoisotopic (exact) mass is 310 g/mol. The number of ether oxygens (including phenoxy) is 2. The first-order chi connectivity index (χ1) is 10.3. The first-order valence-electron chi connectivity index (χ1n) is 7.44. The SMILES string of the molecule is CC(C)(C)OC(=O)N1CCCC2(CC(=O)OC2CN=[N+]=[N-])C1. The molecule has 2 saturated heterocycles. The minimum absolute atomic E-state index is 0.102. The fraction of sp³-hybridized carbons (Fsp3) is 0.857. The molecule has 2 unspecified atom stereocenters. The van der Waals surface area contributed by atoms with Gasteiger partial charge in [-0.25, -0.2) is 4.79 Å². The lowest BCUT2D eigenvalue weighted by molar-refractivity contribution is -0.141. The van der Waals surface area contributed by atoms with Crippen LogP contribution in [0.3, 0.4) is 0 Å². The number of hydrogen-bond donors (Lipinski definition) is 0. The number of esters is 1. The predicted molar refractivity (Wildman–Crippen MR) is 78.0 cm³/mol. The van der Waals surface area contributed by atoms with Crippen LogP contribution in [-0.2, 0) is 14.3 Å². The lowest BCUT2D eigenvalue weighted by Crippen LogP contribution is -2.51. The van der Waals surface area contributed by atoms with Crippen LogP contribution in [0, 0.1) is 5.41 Å². The normalized spacial score (nSPS) is 28.2. The average Bonchev–Trinajstić information content (AvgIpc) is 2.70. The van der Waals surface area contributed by atoms with Gasteiger partial charge in [0.2, 0.25) is 0 Å². The Morgan fingerprint density at radius 3 is 2.95 bits per heavy atom. The third kappa shape index (κ3) is 3.62. The highest BCUT2D eigenvalue weighted by Crippen LogP contribution is 2.43. The second kappa shape index (κ2) is 6.04. The van der Waals surface area contributed by atoms with Gasteiger partial charge in [0, 0.05) is 23.4 Å². The number of likely N-dealkylation sites (tertiary alicyclic amines) is 1. The van der Waals surface area contributed by atoms with Crippen LogP contribution in [-0.4, -0.2) is 48.3 Å². The highest BCUT2D eigenvalue weighted by Gasteiger charge is 2.51. The molecular formula is C14H22N4O4. The Morgan fingerprint density at radius 1 is 1.59 bits per heavy atom. The topological polar surface area (TPSA) is 105 Å². The second-order valence-corrected chi connectivity index (χ2v) is 6.94. The van der Waals surface area contributed by atoms with Gasteiger partial charge in [0.25, 0.3) is 0 Å². The van der Waals surface area contributed by atoms with Gasteiger partial charge in [0.1, 0.15) is 11.7 Å². The summed E-state index contributed by atoms with van der Waals surface area (Å²) in [6.45, 7) is 6.54. The Morgan fingerprint density at radius 2 is 2.32 bits per heavy atom. The summed E-state index contributed by atoms with van der Waals surface area (Å²) in [6, 6.07) is 0. The number of azide groups is 1. The van der Waals surface area contributed by atoms with Gasteiger partial charge in [0.05, 0.1) is 13.0 Å². The highest BCUT2D eigenvalue weighted by atomic mass is 16.6. The molecule has 2 aliphatic rings. The maximum absolute atomic E-state index is 12.3. The maximum Gasteiger partial charge on any atom is 0.410 e. The van der Waals surface area contributed by atoms with E-state index in [0.717, 1.165) is 12.8 Å². The van der Waals surface area contributed by atoms with Crippen molar-refractivity contribution in [1.82, 2.24) is 4.90 Å². The van der Waals surface area contributed by atoms with Gasteiger partial charge in [-0.3, -0.25) is 4.79 Å². The Balaban J connectivity index is 2.12. The van der Waals surface area contributed by atoms with E-state index in [9.17, 15) is 9.59 Å². The summed E-state index contributed by atoms with van der Waals surface area (Å²) in [5.74, 6) is -0.302. The van der Waals surface area contributed by atoms with E-state index in [2.05, 4.69) is 10.0 Å². The lowest BCUT2D eigenvalue weighted by Gasteiger charge is -2.41. The van der Waals surface area contributed by atoms with E-state index in [1.54, 1.807) is 4.90 Å². The van der Waals surface area contributed by atoms with Gasteiger partial charge in [-0.05, 0) is 39.1 Å². The van der Waals surface area contributed by atoms with Crippen molar-refractivity contribution >= 4 is 12.1 Å². The Bertz CT molecular complexity index is 509. The third-order valence-corrected chi connectivity index (χ3v) is 4.02. The molecular weight excluding hydrogens is 288 g/mol. The summed E-state index contributed by atoms with van der Waals surface area (Å²) in [7, 11) is 0. The van der Waals surface area contributed by atoms with Crippen LogP contribution >= 0.6 is 0 Å². The number of piperidine rings is 1. The number of carbonyl (C=O) groups is 2. The van der Waals surface area contributed by atoms with Crippen LogP contribution < -0.4 is 0 Å². The molecule has 122 valence electrons. The van der Waals surface area contributed by atoms with Crippen molar-refractivity contribution in [2.45, 2.75) is 51.7 Å². The molecule has 2 atom stereocenters. The molecule has 2 aliphatic heterocycles. The first-order valence-corrected chi connectivity index (χ1v) is 7.44. The van der Waals surface area contributed by atoms with Crippen molar-refractivity contribution in [3.8, 4) is 0 Å². The van der Waals surface area contributed by atoms with E-state index in [0.29, 0.717) is 13.1 Å². The highest BCUT2D eigenvalue weighted by molar-refractivity contribution is 5.74. The Labute approximate surface area is 129 Å². The fourth-order valence-corrected chi connectivity index (χ4v) is 3.12. The van der Waals surface area contributed by atoms with Gasteiger partial charge in [-0.15, -0.1) is 0 Å². The minimum atomic E-state index is -0.561. The van der Waals surface area contributed by atoms with Crippen LogP contribution in [0.25, 0.3) is 10.4 Å². The van der Waals surface area contributed by atoms with Crippen LogP contribution in [0.5, 0.6) is 0 Å². The zero-order valence-electron chi connectivity index (χ0n) is 13.2. The summed E-state index contributed by atoms with van der Waals surface area (Å²) < 4.78 is 10.7. The first kappa shape index (κ1) is 16.4. The molecule has 0 aromatic rings. The van der Waals surface area contributed by atoms with Crippen LogP contribution in [0.2, 0.25) is 0 Å². The molecule has 2 fully saturated rings. The van der Waals surface area contributed by atoms with Gasteiger partial charge < -0.3 is 14.4 Å². The smallest absolute Gasteiger partial charge is 0.410 e. The molecule has 0 aliphatic carbocycles. The standard InChI is InChI=1S/C14H22N4O4/c1-13(2,3)22-12(20)18-6-4-5-14(9-18)7-11(19)21-10(14)8-16-17-15/h10H,4-9H2,1-3H3. The molecule has 22 heavy (non-hydrogen) atoms. The number of amides is 1. The second-order valence-electron chi connectivity index (χ2n) is 6.94. The third-order valence-electron chi connectivity index (χ3n) is 4.02. The largest absolute Gasteiger partial charge is 0.462 e. The Kier molecular flexibility index (Phi) is 4.51. The summed E-state index contributed by atoms with van der Waals surface area (Å²) >= 11 is 0. The number of cyclic esters (lactones) is 1. The van der Waals surface area contributed by atoms with Crippen LogP contribution in [0.4, 0.5) is 4.79 Å². The van der Waals surface area contributed by atoms with E-state index in [1.807, 2.05) is 20.8 Å². The van der Waals surface area contributed by atoms with Crippen LogP contribution in [0.1, 0.15) is 40.0 Å². The minimum Gasteiger partial charge on any atom is -0.462 e. The summed E-state index contributed by atoms with van der Waals surface area (Å²) in [5.41, 5.74) is 7.45. The van der Waals surface area contributed by atoms with Crippen molar-refractivity contribution in [3.05, 3.63) is 10.4 Å². The van der Waals surface area contributed by atoms with E-state index in [-0.39, 0.29) is 25.0 Å². The molecule has 0 bridgehead atoms. The molecule has 8 heteroatoms. The molecule has 0 N–H and O–H groups in total. The van der Waals surface area contributed by atoms with Crippen molar-refractivity contribution < 1.29 is 19.1 Å². The van der Waals surface area contributed by atoms with Gasteiger partial charge in [-0.2, -0.15) is 0 Å².